The van der Waals surface area contributed by atoms with Crippen molar-refractivity contribution < 1.29 is 17.9 Å². The van der Waals surface area contributed by atoms with E-state index in [0.29, 0.717) is 11.6 Å². The lowest BCUT2D eigenvalue weighted by Gasteiger charge is -2.15. The number of alkyl halides is 3. The minimum Gasteiger partial charge on any atom is -0.481 e. The smallest absolute Gasteiger partial charge is 0.416 e. The number of anilines is 1. The van der Waals surface area contributed by atoms with Gasteiger partial charge in [0.1, 0.15) is 0 Å². The van der Waals surface area contributed by atoms with Crippen LogP contribution in [0.1, 0.15) is 11.1 Å². The zero-order chi connectivity index (χ0) is 17.7. The van der Waals surface area contributed by atoms with Gasteiger partial charge in [0.25, 0.3) is 0 Å². The highest BCUT2D eigenvalue weighted by Crippen LogP contribution is 2.33. The molecular formula is C15H13ClF3N3OS. The molecule has 0 radical (unpaired) electrons. The lowest BCUT2D eigenvalue weighted by atomic mass is 10.1. The molecule has 1 heterocycles. The number of hydrogen-bond donors (Lipinski definition) is 2. The minimum atomic E-state index is -4.46. The summed E-state index contributed by atoms with van der Waals surface area (Å²) in [6, 6.07) is 6.72. The quantitative estimate of drug-likeness (QED) is 0.782. The van der Waals surface area contributed by atoms with Gasteiger partial charge in [-0.1, -0.05) is 11.6 Å². The maximum Gasteiger partial charge on any atom is 0.416 e. The summed E-state index contributed by atoms with van der Waals surface area (Å²) < 4.78 is 43.9. The van der Waals surface area contributed by atoms with Crippen LogP contribution in [0.2, 0.25) is 5.02 Å². The Bertz CT molecular complexity index is 723. The molecule has 0 aliphatic rings. The van der Waals surface area contributed by atoms with Crippen molar-refractivity contribution >= 4 is 34.6 Å². The molecule has 0 spiro atoms. The van der Waals surface area contributed by atoms with Crippen molar-refractivity contribution in [1.29, 1.82) is 0 Å². The van der Waals surface area contributed by atoms with Crippen LogP contribution in [0.3, 0.4) is 0 Å². The first kappa shape index (κ1) is 18.3. The van der Waals surface area contributed by atoms with Crippen molar-refractivity contribution in [1.82, 2.24) is 10.3 Å². The van der Waals surface area contributed by atoms with Crippen molar-refractivity contribution in [3.05, 3.63) is 52.7 Å². The van der Waals surface area contributed by atoms with Crippen molar-refractivity contribution in [2.24, 2.45) is 0 Å². The van der Waals surface area contributed by atoms with Crippen LogP contribution in [0.4, 0.5) is 18.9 Å². The molecule has 0 atom stereocenters. The van der Waals surface area contributed by atoms with Gasteiger partial charge in [0.2, 0.25) is 5.88 Å². The molecule has 0 aliphatic carbocycles. The number of methoxy groups -OCH3 is 1. The van der Waals surface area contributed by atoms with E-state index in [-0.39, 0.29) is 22.2 Å². The first-order chi connectivity index (χ1) is 11.3. The maximum atomic E-state index is 13.0. The lowest BCUT2D eigenvalue weighted by molar-refractivity contribution is -0.138. The molecule has 0 unspecified atom stereocenters. The van der Waals surface area contributed by atoms with Crippen LogP contribution >= 0.6 is 23.8 Å². The van der Waals surface area contributed by atoms with E-state index in [1.165, 1.54) is 25.4 Å². The van der Waals surface area contributed by atoms with Gasteiger partial charge in [-0.25, -0.2) is 4.98 Å². The summed E-state index contributed by atoms with van der Waals surface area (Å²) in [6.45, 7) is -0.120. The Labute approximate surface area is 147 Å². The maximum absolute atomic E-state index is 13.0. The molecule has 0 bridgehead atoms. The molecule has 24 heavy (non-hydrogen) atoms. The van der Waals surface area contributed by atoms with Crippen LogP contribution in [-0.4, -0.2) is 17.2 Å². The first-order valence-electron chi connectivity index (χ1n) is 6.70. The van der Waals surface area contributed by atoms with Crippen molar-refractivity contribution in [2.75, 3.05) is 12.4 Å². The van der Waals surface area contributed by atoms with Crippen LogP contribution < -0.4 is 15.4 Å². The largest absolute Gasteiger partial charge is 0.481 e. The van der Waals surface area contributed by atoms with E-state index in [9.17, 15) is 13.2 Å². The molecule has 2 aromatic rings. The first-order valence-corrected chi connectivity index (χ1v) is 7.48. The van der Waals surface area contributed by atoms with Gasteiger partial charge in [-0.3, -0.25) is 0 Å². The third-order valence-electron chi connectivity index (χ3n) is 3.02. The fraction of sp³-hybridized carbons (Fsp3) is 0.200. The number of benzene rings is 1. The van der Waals surface area contributed by atoms with Crippen LogP contribution in [0.5, 0.6) is 5.88 Å². The van der Waals surface area contributed by atoms with E-state index in [2.05, 4.69) is 15.6 Å². The summed E-state index contributed by atoms with van der Waals surface area (Å²) >= 11 is 10.8. The number of thiocarbonyl (C=S) groups is 1. The molecule has 128 valence electrons. The van der Waals surface area contributed by atoms with Gasteiger partial charge in [0.05, 0.1) is 24.6 Å². The molecule has 0 amide bonds. The van der Waals surface area contributed by atoms with Gasteiger partial charge in [0, 0.05) is 17.6 Å². The second-order valence-electron chi connectivity index (χ2n) is 4.70. The Morgan fingerprint density at radius 1 is 1.29 bits per heavy atom. The van der Waals surface area contributed by atoms with Crippen molar-refractivity contribution in [2.45, 2.75) is 12.7 Å². The number of aromatic nitrogens is 1. The van der Waals surface area contributed by atoms with Gasteiger partial charge >= 0.3 is 6.18 Å². The SMILES string of the molecule is COc1ccc(NC(=S)NCc2cc(Cl)ccc2C(F)(F)F)cn1. The van der Waals surface area contributed by atoms with E-state index >= 15 is 0 Å². The number of nitrogens with zero attached hydrogens (tertiary/aromatic N) is 1. The predicted molar refractivity (Wildman–Crippen MR) is 90.3 cm³/mol. The number of nitrogens with one attached hydrogen (secondary N) is 2. The zero-order valence-electron chi connectivity index (χ0n) is 12.4. The Hall–Kier alpha value is -2.06. The van der Waals surface area contributed by atoms with E-state index < -0.39 is 11.7 Å². The van der Waals surface area contributed by atoms with Gasteiger partial charge < -0.3 is 15.4 Å². The molecule has 0 saturated heterocycles. The topological polar surface area (TPSA) is 46.2 Å². The van der Waals surface area contributed by atoms with Crippen LogP contribution in [0.15, 0.2) is 36.5 Å². The summed E-state index contributed by atoms with van der Waals surface area (Å²) in [6.07, 6.45) is -2.97. The molecule has 2 N–H and O–H groups in total. The highest BCUT2D eigenvalue weighted by molar-refractivity contribution is 7.80. The van der Waals surface area contributed by atoms with E-state index in [0.717, 1.165) is 6.07 Å². The molecule has 1 aromatic carbocycles. The van der Waals surface area contributed by atoms with Gasteiger partial charge in [0.15, 0.2) is 5.11 Å². The molecule has 0 aliphatic heterocycles. The second-order valence-corrected chi connectivity index (χ2v) is 5.54. The van der Waals surface area contributed by atoms with Gasteiger partial charge in [-0.2, -0.15) is 13.2 Å². The van der Waals surface area contributed by atoms with Crippen molar-refractivity contribution in [3.8, 4) is 5.88 Å². The Balaban J connectivity index is 2.02. The average Bonchev–Trinajstić information content (AvgIpc) is 2.52. The molecule has 0 saturated carbocycles. The molecule has 0 fully saturated rings. The third-order valence-corrected chi connectivity index (χ3v) is 3.50. The molecule has 9 heteroatoms. The highest BCUT2D eigenvalue weighted by atomic mass is 35.5. The lowest BCUT2D eigenvalue weighted by Crippen LogP contribution is -2.29. The van der Waals surface area contributed by atoms with Gasteiger partial charge in [-0.05, 0) is 42.0 Å². The Morgan fingerprint density at radius 2 is 2.04 bits per heavy atom. The predicted octanol–water partition coefficient (Wildman–Crippen LogP) is 4.25. The summed E-state index contributed by atoms with van der Waals surface area (Å²) in [5.74, 6) is 0.438. The van der Waals surface area contributed by atoms with Crippen molar-refractivity contribution in [3.63, 3.8) is 0 Å². The van der Waals surface area contributed by atoms with Crippen LogP contribution in [0.25, 0.3) is 0 Å². The highest BCUT2D eigenvalue weighted by Gasteiger charge is 2.33. The van der Waals surface area contributed by atoms with Crippen LogP contribution in [0, 0.1) is 0 Å². The number of ether oxygens (including phenoxy) is 1. The second kappa shape index (κ2) is 7.67. The van der Waals surface area contributed by atoms with E-state index in [4.69, 9.17) is 28.6 Å². The summed E-state index contributed by atoms with van der Waals surface area (Å²) in [5, 5.41) is 5.93. The summed E-state index contributed by atoms with van der Waals surface area (Å²) in [5.41, 5.74) is -0.171. The fourth-order valence-corrected chi connectivity index (χ4v) is 2.30. The molecule has 4 nitrogen and oxygen atoms in total. The minimum absolute atomic E-state index is 0.00649. The normalized spacial score (nSPS) is 11.0. The molecular weight excluding hydrogens is 363 g/mol. The molecule has 1 aromatic heterocycles. The zero-order valence-corrected chi connectivity index (χ0v) is 14.0. The average molecular weight is 376 g/mol. The fourth-order valence-electron chi connectivity index (χ4n) is 1.91. The third kappa shape index (κ3) is 4.97. The molecule has 2 rings (SSSR count). The van der Waals surface area contributed by atoms with E-state index in [1.54, 1.807) is 12.1 Å². The van der Waals surface area contributed by atoms with Gasteiger partial charge in [-0.15, -0.1) is 0 Å². The standard InChI is InChI=1S/C15H13ClF3N3OS/c1-23-13-5-3-11(8-20-13)22-14(24)21-7-9-6-10(16)2-4-12(9)15(17,18)19/h2-6,8H,7H2,1H3,(H2,21,22,24). The Kier molecular flexibility index (Phi) is 5.84. The number of rotatable bonds is 4. The van der Waals surface area contributed by atoms with Crippen LogP contribution in [-0.2, 0) is 12.7 Å². The number of pyridine rings is 1. The summed E-state index contributed by atoms with van der Waals surface area (Å²) in [4.78, 5) is 3.99. The monoisotopic (exact) mass is 375 g/mol. The number of halogens is 4. The van der Waals surface area contributed by atoms with E-state index in [1.807, 2.05) is 0 Å². The summed E-state index contributed by atoms with van der Waals surface area (Å²) in [7, 11) is 1.49. The number of hydrogen-bond acceptors (Lipinski definition) is 3. The Morgan fingerprint density at radius 3 is 2.62 bits per heavy atom.